The number of aliphatic carboxylic acids is 1. The van der Waals surface area contributed by atoms with E-state index < -0.39 is 5.97 Å². The molecule has 0 amide bonds. The Hall–Kier alpha value is -3.60. The zero-order chi connectivity index (χ0) is 25.6. The third-order valence-electron chi connectivity index (χ3n) is 7.04. The standard InChI is InChI=1S/C27H34N8O2/c28-8-2-9-30-27-31-13-21(14-32-27)20-7-10-29-25(12-20)33-22-4-1-3-19(11-22)15-35-23-5-6-24(35)17-34(16-23)18-26(36)37/h1,3-4,7,10-14,23-24H,2,5-6,8-9,15-18,28H2,(H,29,33)(H,36,37)(H,30,31,32). The summed E-state index contributed by atoms with van der Waals surface area (Å²) in [5.41, 5.74) is 9.65. The molecule has 2 bridgehead atoms. The number of carbonyl (C=O) groups is 1. The van der Waals surface area contributed by atoms with Crippen molar-refractivity contribution in [2.24, 2.45) is 5.73 Å². The minimum absolute atomic E-state index is 0.133. The highest BCUT2D eigenvalue weighted by molar-refractivity contribution is 5.69. The third kappa shape index (κ3) is 6.40. The number of nitrogens with two attached hydrogens (primary N) is 1. The van der Waals surface area contributed by atoms with Crippen molar-refractivity contribution in [3.63, 3.8) is 0 Å². The summed E-state index contributed by atoms with van der Waals surface area (Å²) < 4.78 is 0. The van der Waals surface area contributed by atoms with Crippen LogP contribution in [0.2, 0.25) is 0 Å². The number of carboxylic acids is 1. The summed E-state index contributed by atoms with van der Waals surface area (Å²) >= 11 is 0. The molecule has 1 aromatic carbocycles. The highest BCUT2D eigenvalue weighted by Crippen LogP contribution is 2.32. The lowest BCUT2D eigenvalue weighted by Crippen LogP contribution is -2.54. The van der Waals surface area contributed by atoms with Crippen molar-refractivity contribution in [2.45, 2.75) is 37.9 Å². The van der Waals surface area contributed by atoms with Gasteiger partial charge < -0.3 is 21.5 Å². The van der Waals surface area contributed by atoms with E-state index in [9.17, 15) is 4.79 Å². The van der Waals surface area contributed by atoms with Crippen LogP contribution in [0, 0.1) is 0 Å². The second kappa shape index (κ2) is 11.6. The number of pyridine rings is 1. The molecule has 10 nitrogen and oxygen atoms in total. The van der Waals surface area contributed by atoms with Gasteiger partial charge in [-0.25, -0.2) is 15.0 Å². The van der Waals surface area contributed by atoms with Gasteiger partial charge in [0.05, 0.1) is 6.54 Å². The molecule has 2 aliphatic rings. The minimum atomic E-state index is -0.746. The summed E-state index contributed by atoms with van der Waals surface area (Å²) in [6, 6.07) is 13.2. The second-order valence-corrected chi connectivity index (χ2v) is 9.76. The van der Waals surface area contributed by atoms with Crippen LogP contribution in [0.5, 0.6) is 0 Å². The van der Waals surface area contributed by atoms with Gasteiger partial charge in [0.1, 0.15) is 5.82 Å². The minimum Gasteiger partial charge on any atom is -0.480 e. The van der Waals surface area contributed by atoms with Gasteiger partial charge in [-0.3, -0.25) is 14.6 Å². The Kier molecular flexibility index (Phi) is 7.88. The van der Waals surface area contributed by atoms with Gasteiger partial charge in [-0.2, -0.15) is 0 Å². The Morgan fingerprint density at radius 1 is 1.05 bits per heavy atom. The predicted molar refractivity (Wildman–Crippen MR) is 144 cm³/mol. The van der Waals surface area contributed by atoms with Gasteiger partial charge in [0.25, 0.3) is 0 Å². The number of fused-ring (bicyclic) bond motifs is 2. The molecular formula is C27H34N8O2. The second-order valence-electron chi connectivity index (χ2n) is 9.76. The van der Waals surface area contributed by atoms with E-state index in [1.54, 1.807) is 6.20 Å². The number of anilines is 3. The summed E-state index contributed by atoms with van der Waals surface area (Å²) in [4.78, 5) is 29.1. The molecule has 2 aromatic heterocycles. The smallest absolute Gasteiger partial charge is 0.317 e. The van der Waals surface area contributed by atoms with Crippen LogP contribution in [0.4, 0.5) is 17.5 Å². The third-order valence-corrected chi connectivity index (χ3v) is 7.04. The molecule has 2 unspecified atom stereocenters. The molecule has 2 aliphatic heterocycles. The van der Waals surface area contributed by atoms with Gasteiger partial charge in [0.2, 0.25) is 5.95 Å². The van der Waals surface area contributed by atoms with Crippen molar-refractivity contribution in [1.29, 1.82) is 0 Å². The number of aromatic nitrogens is 3. The largest absolute Gasteiger partial charge is 0.480 e. The lowest BCUT2D eigenvalue weighted by molar-refractivity contribution is -0.139. The number of likely N-dealkylation sites (tertiary alicyclic amines) is 1. The summed E-state index contributed by atoms with van der Waals surface area (Å²) in [6.45, 7) is 4.03. The molecule has 0 saturated carbocycles. The molecule has 194 valence electrons. The molecule has 2 fully saturated rings. The zero-order valence-corrected chi connectivity index (χ0v) is 20.9. The van der Waals surface area contributed by atoms with E-state index in [2.05, 4.69) is 53.6 Å². The average molecular weight is 503 g/mol. The van der Waals surface area contributed by atoms with Crippen molar-refractivity contribution in [3.05, 3.63) is 60.6 Å². The van der Waals surface area contributed by atoms with Crippen molar-refractivity contribution in [1.82, 2.24) is 24.8 Å². The normalized spacial score (nSPS) is 19.6. The zero-order valence-electron chi connectivity index (χ0n) is 20.9. The number of carboxylic acid groups (broad SMARTS) is 1. The van der Waals surface area contributed by atoms with E-state index in [0.717, 1.165) is 68.1 Å². The molecule has 4 heterocycles. The van der Waals surface area contributed by atoms with Crippen LogP contribution in [0.3, 0.4) is 0 Å². The Morgan fingerprint density at radius 3 is 2.57 bits per heavy atom. The number of hydrogen-bond acceptors (Lipinski definition) is 9. The lowest BCUT2D eigenvalue weighted by Gasteiger charge is -2.40. The number of rotatable bonds is 11. The van der Waals surface area contributed by atoms with E-state index in [1.165, 1.54) is 5.56 Å². The number of hydrogen-bond donors (Lipinski definition) is 4. The fourth-order valence-electron chi connectivity index (χ4n) is 5.31. The SMILES string of the molecule is NCCCNc1ncc(-c2ccnc(Nc3cccc(CN4C5CCC4CN(CC(=O)O)C5)c3)c2)cn1. The van der Waals surface area contributed by atoms with Gasteiger partial charge >= 0.3 is 5.97 Å². The highest BCUT2D eigenvalue weighted by atomic mass is 16.4. The van der Waals surface area contributed by atoms with Crippen LogP contribution >= 0.6 is 0 Å². The maximum absolute atomic E-state index is 11.1. The number of nitrogens with one attached hydrogen (secondary N) is 2. The Morgan fingerprint density at radius 2 is 1.84 bits per heavy atom. The van der Waals surface area contributed by atoms with Crippen molar-refractivity contribution in [2.75, 3.05) is 43.4 Å². The van der Waals surface area contributed by atoms with E-state index in [1.807, 2.05) is 30.6 Å². The summed E-state index contributed by atoms with van der Waals surface area (Å²) in [5.74, 6) is 0.601. The molecular weight excluding hydrogens is 468 g/mol. The van der Waals surface area contributed by atoms with Crippen LogP contribution < -0.4 is 16.4 Å². The van der Waals surface area contributed by atoms with E-state index >= 15 is 0 Å². The summed E-state index contributed by atoms with van der Waals surface area (Å²) in [6.07, 6.45) is 8.53. The fraction of sp³-hybridized carbons (Fsp3) is 0.407. The van der Waals surface area contributed by atoms with Crippen molar-refractivity contribution >= 4 is 23.4 Å². The molecule has 10 heteroatoms. The molecule has 2 atom stereocenters. The number of nitrogens with zero attached hydrogens (tertiary/aromatic N) is 5. The first-order valence-electron chi connectivity index (χ1n) is 12.9. The number of piperazine rings is 1. The molecule has 5 rings (SSSR count). The van der Waals surface area contributed by atoms with Crippen LogP contribution in [0.25, 0.3) is 11.1 Å². The first-order valence-corrected chi connectivity index (χ1v) is 12.9. The van der Waals surface area contributed by atoms with Crippen LogP contribution in [-0.2, 0) is 11.3 Å². The highest BCUT2D eigenvalue weighted by Gasteiger charge is 2.39. The molecule has 3 aromatic rings. The van der Waals surface area contributed by atoms with E-state index in [0.29, 0.717) is 24.6 Å². The quantitative estimate of drug-likeness (QED) is 0.290. The molecule has 5 N–H and O–H groups in total. The van der Waals surface area contributed by atoms with Crippen molar-refractivity contribution in [3.8, 4) is 11.1 Å². The monoisotopic (exact) mass is 502 g/mol. The van der Waals surface area contributed by atoms with Crippen LogP contribution in [-0.4, -0.2) is 80.6 Å². The lowest BCUT2D eigenvalue weighted by atomic mass is 10.1. The first-order chi connectivity index (χ1) is 18.1. The molecule has 2 saturated heterocycles. The topological polar surface area (TPSA) is 133 Å². The molecule has 0 radical (unpaired) electrons. The number of benzene rings is 1. The average Bonchev–Trinajstić information content (AvgIpc) is 3.12. The van der Waals surface area contributed by atoms with E-state index in [-0.39, 0.29) is 6.54 Å². The van der Waals surface area contributed by atoms with Gasteiger partial charge in [-0.05, 0) is 61.2 Å². The Labute approximate surface area is 216 Å². The molecule has 0 spiro atoms. The fourth-order valence-corrected chi connectivity index (χ4v) is 5.31. The van der Waals surface area contributed by atoms with Gasteiger partial charge in [-0.1, -0.05) is 12.1 Å². The van der Waals surface area contributed by atoms with E-state index in [4.69, 9.17) is 10.8 Å². The maximum atomic E-state index is 11.1. The van der Waals surface area contributed by atoms with Crippen molar-refractivity contribution < 1.29 is 9.90 Å². The van der Waals surface area contributed by atoms with Gasteiger partial charge in [0, 0.05) is 68.1 Å². The summed E-state index contributed by atoms with van der Waals surface area (Å²) in [5, 5.41) is 15.8. The van der Waals surface area contributed by atoms with Crippen LogP contribution in [0.15, 0.2) is 55.0 Å². The molecule has 0 aliphatic carbocycles. The Balaban J connectivity index is 1.22. The first kappa shape index (κ1) is 25.1. The van der Waals surface area contributed by atoms with Gasteiger partial charge in [-0.15, -0.1) is 0 Å². The summed E-state index contributed by atoms with van der Waals surface area (Å²) in [7, 11) is 0. The van der Waals surface area contributed by atoms with Gasteiger partial charge in [0.15, 0.2) is 0 Å². The Bertz CT molecular complexity index is 1190. The maximum Gasteiger partial charge on any atom is 0.317 e. The predicted octanol–water partition coefficient (Wildman–Crippen LogP) is 2.78. The van der Waals surface area contributed by atoms with Crippen LogP contribution in [0.1, 0.15) is 24.8 Å². The molecule has 37 heavy (non-hydrogen) atoms.